The molecule has 0 amide bonds. The third-order valence-electron chi connectivity index (χ3n) is 4.42. The summed E-state index contributed by atoms with van der Waals surface area (Å²) in [6.45, 7) is 5.72. The summed E-state index contributed by atoms with van der Waals surface area (Å²) >= 11 is 12.1. The maximum absolute atomic E-state index is 6.29. The molecule has 1 aliphatic heterocycles. The molecule has 2 aromatic carbocycles. The number of hydrogen-bond donors (Lipinski definition) is 0. The maximum atomic E-state index is 6.29. The molecule has 0 N–H and O–H groups in total. The van der Waals surface area contributed by atoms with E-state index in [1.165, 1.54) is 0 Å². The summed E-state index contributed by atoms with van der Waals surface area (Å²) in [5, 5.41) is 5.55. The van der Waals surface area contributed by atoms with Crippen LogP contribution in [0, 0.1) is 0 Å². The summed E-state index contributed by atoms with van der Waals surface area (Å²) in [5.41, 5.74) is 2.11. The molecule has 2 aromatic rings. The van der Waals surface area contributed by atoms with E-state index in [4.69, 9.17) is 28.0 Å². The Morgan fingerprint density at radius 3 is 2.42 bits per heavy atom. The van der Waals surface area contributed by atoms with E-state index >= 15 is 0 Å². The molecule has 0 saturated carbocycles. The third-order valence-corrected chi connectivity index (χ3v) is 4.99. The molecule has 4 nitrogen and oxygen atoms in total. The molecule has 1 aliphatic rings. The summed E-state index contributed by atoms with van der Waals surface area (Å²) in [6.07, 6.45) is 2.67. The van der Waals surface area contributed by atoms with Gasteiger partial charge in [-0.25, -0.2) is 0 Å². The SMILES string of the molecule is Clc1ccc(C=NOCCCN2CCN(c3ccccc3Cl)CC2)cc1. The Hall–Kier alpha value is -1.75. The highest BCUT2D eigenvalue weighted by molar-refractivity contribution is 6.33. The highest BCUT2D eigenvalue weighted by Crippen LogP contribution is 2.25. The highest BCUT2D eigenvalue weighted by atomic mass is 35.5. The molecule has 1 heterocycles. The van der Waals surface area contributed by atoms with Gasteiger partial charge in [-0.1, -0.05) is 52.6 Å². The normalized spacial score (nSPS) is 15.5. The van der Waals surface area contributed by atoms with E-state index in [0.717, 1.165) is 60.4 Å². The van der Waals surface area contributed by atoms with Crippen LogP contribution in [0.4, 0.5) is 5.69 Å². The van der Waals surface area contributed by atoms with Crippen molar-refractivity contribution in [3.63, 3.8) is 0 Å². The number of anilines is 1. The molecular formula is C20H23Cl2N3O. The fraction of sp³-hybridized carbons (Fsp3) is 0.350. The van der Waals surface area contributed by atoms with Gasteiger partial charge in [0.1, 0.15) is 6.61 Å². The lowest BCUT2D eigenvalue weighted by atomic mass is 10.2. The fourth-order valence-corrected chi connectivity index (χ4v) is 3.35. The minimum atomic E-state index is 0.620. The summed E-state index contributed by atoms with van der Waals surface area (Å²) in [5.74, 6) is 0. The largest absolute Gasteiger partial charge is 0.396 e. The van der Waals surface area contributed by atoms with Crippen molar-refractivity contribution in [1.29, 1.82) is 0 Å². The number of para-hydroxylation sites is 1. The molecule has 26 heavy (non-hydrogen) atoms. The molecule has 6 heteroatoms. The zero-order chi connectivity index (χ0) is 18.2. The minimum Gasteiger partial charge on any atom is -0.396 e. The number of oxime groups is 1. The van der Waals surface area contributed by atoms with Gasteiger partial charge in [0.15, 0.2) is 0 Å². The lowest BCUT2D eigenvalue weighted by Gasteiger charge is -2.36. The first-order valence-corrected chi connectivity index (χ1v) is 9.61. The van der Waals surface area contributed by atoms with Crippen LogP contribution < -0.4 is 4.90 Å². The maximum Gasteiger partial charge on any atom is 0.118 e. The lowest BCUT2D eigenvalue weighted by Crippen LogP contribution is -2.46. The Balaban J connectivity index is 1.32. The topological polar surface area (TPSA) is 28.1 Å². The van der Waals surface area contributed by atoms with Crippen molar-refractivity contribution >= 4 is 35.1 Å². The number of hydrogen-bond acceptors (Lipinski definition) is 4. The molecule has 0 bridgehead atoms. The van der Waals surface area contributed by atoms with Crippen molar-refractivity contribution in [3.05, 3.63) is 64.1 Å². The van der Waals surface area contributed by atoms with Crippen molar-refractivity contribution in [2.24, 2.45) is 5.16 Å². The van der Waals surface area contributed by atoms with E-state index in [-0.39, 0.29) is 0 Å². The first-order chi connectivity index (χ1) is 12.7. The first-order valence-electron chi connectivity index (χ1n) is 8.85. The van der Waals surface area contributed by atoms with Crippen LogP contribution in [0.25, 0.3) is 0 Å². The standard InChI is InChI=1S/C20H23Cl2N3O/c21-18-8-6-17(7-9-18)16-23-26-15-3-10-24-11-13-25(14-12-24)20-5-2-1-4-19(20)22/h1-2,4-9,16H,3,10-15H2. The van der Waals surface area contributed by atoms with Gasteiger partial charge in [-0.3, -0.25) is 4.90 Å². The molecular weight excluding hydrogens is 369 g/mol. The summed E-state index contributed by atoms with van der Waals surface area (Å²) in [4.78, 5) is 10.2. The van der Waals surface area contributed by atoms with E-state index in [1.807, 2.05) is 42.5 Å². The van der Waals surface area contributed by atoms with Crippen LogP contribution in [-0.2, 0) is 4.84 Å². The molecule has 1 saturated heterocycles. The van der Waals surface area contributed by atoms with Crippen LogP contribution in [0.1, 0.15) is 12.0 Å². The van der Waals surface area contributed by atoms with Crippen LogP contribution in [-0.4, -0.2) is 50.4 Å². The van der Waals surface area contributed by atoms with E-state index in [9.17, 15) is 0 Å². The number of nitrogens with zero attached hydrogens (tertiary/aromatic N) is 3. The zero-order valence-electron chi connectivity index (χ0n) is 14.7. The van der Waals surface area contributed by atoms with E-state index < -0.39 is 0 Å². The molecule has 3 rings (SSSR count). The Labute approximate surface area is 164 Å². The van der Waals surface area contributed by atoms with Gasteiger partial charge in [0.25, 0.3) is 0 Å². The van der Waals surface area contributed by atoms with Gasteiger partial charge >= 0.3 is 0 Å². The first kappa shape index (κ1) is 19.0. The van der Waals surface area contributed by atoms with Gasteiger partial charge in [0.05, 0.1) is 16.9 Å². The van der Waals surface area contributed by atoms with Crippen molar-refractivity contribution in [2.75, 3.05) is 44.2 Å². The van der Waals surface area contributed by atoms with Gasteiger partial charge < -0.3 is 9.74 Å². The van der Waals surface area contributed by atoms with Crippen molar-refractivity contribution in [1.82, 2.24) is 4.90 Å². The quantitative estimate of drug-likeness (QED) is 0.393. The average Bonchev–Trinajstić information content (AvgIpc) is 2.67. The minimum absolute atomic E-state index is 0.620. The van der Waals surface area contributed by atoms with Gasteiger partial charge in [0.2, 0.25) is 0 Å². The predicted octanol–water partition coefficient (Wildman–Crippen LogP) is 4.56. The second-order valence-electron chi connectivity index (χ2n) is 6.25. The van der Waals surface area contributed by atoms with Crippen LogP contribution in [0.5, 0.6) is 0 Å². The van der Waals surface area contributed by atoms with Crippen molar-refractivity contribution in [2.45, 2.75) is 6.42 Å². The monoisotopic (exact) mass is 391 g/mol. The summed E-state index contributed by atoms with van der Waals surface area (Å²) in [6, 6.07) is 15.5. The predicted molar refractivity (Wildman–Crippen MR) is 110 cm³/mol. The molecule has 138 valence electrons. The smallest absolute Gasteiger partial charge is 0.118 e. The lowest BCUT2D eigenvalue weighted by molar-refractivity contribution is 0.129. The number of rotatable bonds is 7. The van der Waals surface area contributed by atoms with E-state index in [1.54, 1.807) is 6.21 Å². The number of piperazine rings is 1. The van der Waals surface area contributed by atoms with Crippen LogP contribution in [0.15, 0.2) is 53.7 Å². The molecule has 0 unspecified atom stereocenters. The second-order valence-corrected chi connectivity index (χ2v) is 7.10. The number of halogens is 2. The Kier molecular flexibility index (Phi) is 7.18. The molecule has 0 radical (unpaired) electrons. The Morgan fingerprint density at radius 1 is 0.962 bits per heavy atom. The van der Waals surface area contributed by atoms with Gasteiger partial charge in [0, 0.05) is 37.7 Å². The average molecular weight is 392 g/mol. The summed E-state index contributed by atoms with van der Waals surface area (Å²) in [7, 11) is 0. The van der Waals surface area contributed by atoms with Crippen LogP contribution in [0.3, 0.4) is 0 Å². The third kappa shape index (κ3) is 5.63. The Morgan fingerprint density at radius 2 is 1.69 bits per heavy atom. The Bertz CT molecular complexity index is 713. The molecule has 0 aromatic heterocycles. The molecule has 0 atom stereocenters. The summed E-state index contributed by atoms with van der Waals surface area (Å²) < 4.78 is 0. The molecule has 1 fully saturated rings. The molecule has 0 aliphatic carbocycles. The van der Waals surface area contributed by atoms with Gasteiger partial charge in [-0.2, -0.15) is 0 Å². The second kappa shape index (κ2) is 9.81. The van der Waals surface area contributed by atoms with Crippen LogP contribution in [0.2, 0.25) is 10.0 Å². The number of benzene rings is 2. The zero-order valence-corrected chi connectivity index (χ0v) is 16.2. The van der Waals surface area contributed by atoms with Gasteiger partial charge in [-0.05, 0) is 36.2 Å². The van der Waals surface area contributed by atoms with Crippen molar-refractivity contribution < 1.29 is 4.84 Å². The van der Waals surface area contributed by atoms with Crippen molar-refractivity contribution in [3.8, 4) is 0 Å². The molecule has 0 spiro atoms. The van der Waals surface area contributed by atoms with E-state index in [0.29, 0.717) is 6.61 Å². The highest BCUT2D eigenvalue weighted by Gasteiger charge is 2.18. The van der Waals surface area contributed by atoms with Gasteiger partial charge in [-0.15, -0.1) is 0 Å². The van der Waals surface area contributed by atoms with E-state index in [2.05, 4.69) is 21.0 Å². The van der Waals surface area contributed by atoms with Crippen LogP contribution >= 0.6 is 23.2 Å². The fourth-order valence-electron chi connectivity index (χ4n) is 2.97.